The van der Waals surface area contributed by atoms with Crippen molar-refractivity contribution in [2.75, 3.05) is 7.11 Å². The minimum Gasteiger partial charge on any atom is -0.497 e. The van der Waals surface area contributed by atoms with Gasteiger partial charge in [-0.15, -0.1) is 0 Å². The fourth-order valence-electron chi connectivity index (χ4n) is 1.81. The lowest BCUT2D eigenvalue weighted by Gasteiger charge is -2.08. The van der Waals surface area contributed by atoms with Gasteiger partial charge in [-0.1, -0.05) is 30.3 Å². The van der Waals surface area contributed by atoms with E-state index in [0.29, 0.717) is 12.2 Å². The highest BCUT2D eigenvalue weighted by atomic mass is 16.7. The average molecular weight is 258 g/mol. The molecule has 0 amide bonds. The second-order valence-electron chi connectivity index (χ2n) is 4.00. The van der Waals surface area contributed by atoms with Crippen LogP contribution < -0.4 is 9.47 Å². The summed E-state index contributed by atoms with van der Waals surface area (Å²) >= 11 is 0. The molecule has 0 bridgehead atoms. The second kappa shape index (κ2) is 5.91. The van der Waals surface area contributed by atoms with Crippen LogP contribution >= 0.6 is 0 Å². The van der Waals surface area contributed by atoms with Crippen molar-refractivity contribution in [1.29, 1.82) is 0 Å². The van der Waals surface area contributed by atoms with Crippen LogP contribution in [0.15, 0.2) is 48.5 Å². The predicted octanol–water partition coefficient (Wildman–Crippen LogP) is 3.34. The molecule has 0 radical (unpaired) electrons. The van der Waals surface area contributed by atoms with Crippen molar-refractivity contribution >= 4 is 6.16 Å². The van der Waals surface area contributed by atoms with Crippen LogP contribution in [0.25, 0.3) is 0 Å². The van der Waals surface area contributed by atoms with Gasteiger partial charge in [0, 0.05) is 6.42 Å². The maximum Gasteiger partial charge on any atom is 0.511 e. The molecular formula is C15H14O4. The zero-order valence-corrected chi connectivity index (χ0v) is 10.5. The van der Waals surface area contributed by atoms with Gasteiger partial charge in [0.1, 0.15) is 11.5 Å². The van der Waals surface area contributed by atoms with E-state index in [1.54, 1.807) is 19.2 Å². The minimum absolute atomic E-state index is 0.366. The highest BCUT2D eigenvalue weighted by Gasteiger charge is 2.07. The highest BCUT2D eigenvalue weighted by Crippen LogP contribution is 2.22. The van der Waals surface area contributed by atoms with E-state index < -0.39 is 6.16 Å². The molecule has 1 N–H and O–H groups in total. The molecule has 0 fully saturated rings. The van der Waals surface area contributed by atoms with Gasteiger partial charge in [0.25, 0.3) is 0 Å². The normalized spacial score (nSPS) is 9.95. The van der Waals surface area contributed by atoms with Crippen LogP contribution in [0.4, 0.5) is 4.79 Å². The Kier molecular flexibility index (Phi) is 4.03. The second-order valence-corrected chi connectivity index (χ2v) is 4.00. The lowest BCUT2D eigenvalue weighted by atomic mass is 10.0. The number of hydrogen-bond acceptors (Lipinski definition) is 3. The first-order chi connectivity index (χ1) is 9.19. The first-order valence-electron chi connectivity index (χ1n) is 5.80. The summed E-state index contributed by atoms with van der Waals surface area (Å²) in [7, 11) is 1.62. The Morgan fingerprint density at radius 3 is 2.42 bits per heavy atom. The minimum atomic E-state index is -1.30. The van der Waals surface area contributed by atoms with Gasteiger partial charge in [-0.25, -0.2) is 4.79 Å². The molecule has 0 aliphatic heterocycles. The summed E-state index contributed by atoms with van der Waals surface area (Å²) in [4.78, 5) is 10.6. The Hall–Kier alpha value is -2.49. The summed E-state index contributed by atoms with van der Waals surface area (Å²) in [6.07, 6.45) is -0.699. The van der Waals surface area contributed by atoms with Crippen LogP contribution in [0.1, 0.15) is 11.1 Å². The summed E-state index contributed by atoms with van der Waals surface area (Å²) in [5, 5.41) is 8.69. The number of ether oxygens (including phenoxy) is 2. The molecule has 4 nitrogen and oxygen atoms in total. The van der Waals surface area contributed by atoms with Crippen molar-refractivity contribution < 1.29 is 19.4 Å². The summed E-state index contributed by atoms with van der Waals surface area (Å²) < 4.78 is 9.85. The number of para-hydroxylation sites is 1. The fraction of sp³-hybridized carbons (Fsp3) is 0.133. The average Bonchev–Trinajstić information content (AvgIpc) is 2.41. The van der Waals surface area contributed by atoms with E-state index in [0.717, 1.165) is 16.9 Å². The molecule has 2 rings (SSSR count). The van der Waals surface area contributed by atoms with Crippen molar-refractivity contribution in [2.24, 2.45) is 0 Å². The Morgan fingerprint density at radius 2 is 1.79 bits per heavy atom. The van der Waals surface area contributed by atoms with Crippen LogP contribution in [0.2, 0.25) is 0 Å². The molecule has 2 aromatic rings. The van der Waals surface area contributed by atoms with Gasteiger partial charge in [0.15, 0.2) is 0 Å². The van der Waals surface area contributed by atoms with Crippen molar-refractivity contribution in [3.63, 3.8) is 0 Å². The molecule has 0 aliphatic rings. The molecule has 0 heterocycles. The Bertz CT molecular complexity index is 561. The number of hydrogen-bond donors (Lipinski definition) is 1. The lowest BCUT2D eigenvalue weighted by Crippen LogP contribution is -2.05. The smallest absolute Gasteiger partial charge is 0.497 e. The molecule has 0 atom stereocenters. The monoisotopic (exact) mass is 258 g/mol. The Morgan fingerprint density at radius 1 is 1.11 bits per heavy atom. The van der Waals surface area contributed by atoms with Gasteiger partial charge in [-0.2, -0.15) is 0 Å². The molecular weight excluding hydrogens is 244 g/mol. The summed E-state index contributed by atoms with van der Waals surface area (Å²) in [5.74, 6) is 1.16. The van der Waals surface area contributed by atoms with Crippen LogP contribution in [0.3, 0.4) is 0 Å². The lowest BCUT2D eigenvalue weighted by molar-refractivity contribution is 0.144. The predicted molar refractivity (Wildman–Crippen MR) is 70.9 cm³/mol. The third-order valence-electron chi connectivity index (χ3n) is 2.72. The molecule has 0 saturated heterocycles. The number of benzene rings is 2. The molecule has 2 aromatic carbocycles. The maximum atomic E-state index is 10.6. The van der Waals surface area contributed by atoms with Crippen LogP contribution in [0.5, 0.6) is 11.5 Å². The van der Waals surface area contributed by atoms with Crippen molar-refractivity contribution in [3.8, 4) is 11.5 Å². The molecule has 0 aliphatic carbocycles. The van der Waals surface area contributed by atoms with E-state index in [-0.39, 0.29) is 0 Å². The van der Waals surface area contributed by atoms with Crippen LogP contribution in [0, 0.1) is 0 Å². The van der Waals surface area contributed by atoms with Gasteiger partial charge < -0.3 is 14.6 Å². The number of methoxy groups -OCH3 is 1. The van der Waals surface area contributed by atoms with Crippen molar-refractivity contribution in [2.45, 2.75) is 6.42 Å². The summed E-state index contributed by atoms with van der Waals surface area (Å²) in [5.41, 5.74) is 1.89. The van der Waals surface area contributed by atoms with E-state index in [2.05, 4.69) is 0 Å². The largest absolute Gasteiger partial charge is 0.511 e. The maximum absolute atomic E-state index is 10.6. The van der Waals surface area contributed by atoms with E-state index in [4.69, 9.17) is 14.6 Å². The SMILES string of the molecule is COc1ccc(Cc2ccccc2OC(=O)O)cc1. The topological polar surface area (TPSA) is 55.8 Å². The van der Waals surface area contributed by atoms with Gasteiger partial charge in [-0.3, -0.25) is 0 Å². The zero-order valence-electron chi connectivity index (χ0n) is 10.5. The number of rotatable bonds is 4. The molecule has 19 heavy (non-hydrogen) atoms. The highest BCUT2D eigenvalue weighted by molar-refractivity contribution is 5.62. The third-order valence-corrected chi connectivity index (χ3v) is 2.72. The van der Waals surface area contributed by atoms with E-state index in [9.17, 15) is 4.79 Å². The van der Waals surface area contributed by atoms with Crippen LogP contribution in [-0.2, 0) is 6.42 Å². The fourth-order valence-corrected chi connectivity index (χ4v) is 1.81. The Balaban J connectivity index is 2.19. The van der Waals surface area contributed by atoms with Gasteiger partial charge in [-0.05, 0) is 29.3 Å². The molecule has 4 heteroatoms. The molecule has 0 saturated carbocycles. The molecule has 0 aromatic heterocycles. The van der Waals surface area contributed by atoms with Gasteiger partial charge >= 0.3 is 6.16 Å². The van der Waals surface area contributed by atoms with E-state index in [1.807, 2.05) is 36.4 Å². The van der Waals surface area contributed by atoms with E-state index >= 15 is 0 Å². The van der Waals surface area contributed by atoms with Crippen molar-refractivity contribution in [3.05, 3.63) is 59.7 Å². The third kappa shape index (κ3) is 3.48. The zero-order chi connectivity index (χ0) is 13.7. The molecule has 0 spiro atoms. The van der Waals surface area contributed by atoms with Gasteiger partial charge in [0.05, 0.1) is 7.11 Å². The quantitative estimate of drug-likeness (QED) is 0.675. The number of carboxylic acid groups (broad SMARTS) is 1. The summed E-state index contributed by atoms with van der Waals surface area (Å²) in [6, 6.07) is 14.7. The van der Waals surface area contributed by atoms with Crippen LogP contribution in [-0.4, -0.2) is 18.4 Å². The first kappa shape index (κ1) is 13.0. The number of carbonyl (C=O) groups is 1. The van der Waals surface area contributed by atoms with Gasteiger partial charge in [0.2, 0.25) is 0 Å². The summed E-state index contributed by atoms with van der Waals surface area (Å²) in [6.45, 7) is 0. The standard InChI is InChI=1S/C15H14O4/c1-18-13-8-6-11(7-9-13)10-12-4-2-3-5-14(12)19-15(16)17/h2-9H,10H2,1H3,(H,16,17). The first-order valence-corrected chi connectivity index (χ1v) is 5.80. The Labute approximate surface area is 111 Å². The molecule has 0 unspecified atom stereocenters. The van der Waals surface area contributed by atoms with E-state index in [1.165, 1.54) is 0 Å². The van der Waals surface area contributed by atoms with Crippen molar-refractivity contribution in [1.82, 2.24) is 0 Å². The molecule has 98 valence electrons.